The number of phenols is 1. The lowest BCUT2D eigenvalue weighted by Crippen LogP contribution is -2.33. The summed E-state index contributed by atoms with van der Waals surface area (Å²) in [4.78, 5) is 0. The largest absolute Gasteiger partial charge is 0.508 e. The first-order chi connectivity index (χ1) is 7.93. The van der Waals surface area contributed by atoms with Crippen LogP contribution in [0.25, 0.3) is 0 Å². The van der Waals surface area contributed by atoms with Crippen LogP contribution in [-0.4, -0.2) is 25.3 Å². The van der Waals surface area contributed by atoms with Gasteiger partial charge in [-0.15, -0.1) is 0 Å². The first-order valence-electron chi connectivity index (χ1n) is 5.71. The molecule has 96 valence electrons. The van der Waals surface area contributed by atoms with Crippen LogP contribution in [-0.2, 0) is 16.4 Å². The molecule has 1 rings (SSSR count). The Morgan fingerprint density at radius 2 is 1.88 bits per heavy atom. The second-order valence-electron chi connectivity index (χ2n) is 4.13. The average molecular weight is 257 g/mol. The maximum absolute atomic E-state index is 11.3. The Bertz CT molecular complexity index is 439. The van der Waals surface area contributed by atoms with Crippen LogP contribution in [0.3, 0.4) is 0 Å². The van der Waals surface area contributed by atoms with Gasteiger partial charge in [-0.3, -0.25) is 0 Å². The molecule has 0 heterocycles. The molecule has 0 saturated carbocycles. The van der Waals surface area contributed by atoms with Crippen molar-refractivity contribution in [3.05, 3.63) is 29.8 Å². The summed E-state index contributed by atoms with van der Waals surface area (Å²) in [5, 5.41) is 9.13. The highest BCUT2D eigenvalue weighted by Crippen LogP contribution is 2.12. The lowest BCUT2D eigenvalue weighted by molar-refractivity contribution is 0.475. The third-order valence-electron chi connectivity index (χ3n) is 2.56. The van der Waals surface area contributed by atoms with Gasteiger partial charge in [0.05, 0.1) is 5.75 Å². The predicted octanol–water partition coefficient (Wildman–Crippen LogP) is 1.65. The number of sulfonamides is 1. The fraction of sp³-hybridized carbons (Fsp3) is 0.500. The molecular formula is C12H19NO3S. The van der Waals surface area contributed by atoms with Crippen molar-refractivity contribution in [1.29, 1.82) is 0 Å². The zero-order valence-electron chi connectivity index (χ0n) is 10.2. The van der Waals surface area contributed by atoms with Gasteiger partial charge in [-0.25, -0.2) is 13.1 Å². The molecule has 0 aliphatic heterocycles. The minimum atomic E-state index is -3.12. The molecule has 0 spiro atoms. The Labute approximate surface area is 103 Å². The summed E-state index contributed by atoms with van der Waals surface area (Å²) in [6, 6.07) is 6.88. The van der Waals surface area contributed by atoms with Gasteiger partial charge in [0.15, 0.2) is 0 Å². The Morgan fingerprint density at radius 1 is 1.29 bits per heavy atom. The van der Waals surface area contributed by atoms with E-state index in [0.717, 1.165) is 18.4 Å². The van der Waals surface area contributed by atoms with E-state index < -0.39 is 10.0 Å². The SMILES string of the molecule is CCS(=O)(=O)NC(C)CCc1ccc(O)cc1. The highest BCUT2D eigenvalue weighted by molar-refractivity contribution is 7.89. The van der Waals surface area contributed by atoms with Gasteiger partial charge in [0.1, 0.15) is 5.75 Å². The minimum absolute atomic E-state index is 0.0752. The quantitative estimate of drug-likeness (QED) is 0.814. The molecule has 1 atom stereocenters. The molecule has 17 heavy (non-hydrogen) atoms. The maximum Gasteiger partial charge on any atom is 0.211 e. The summed E-state index contributed by atoms with van der Waals surface area (Å²) >= 11 is 0. The molecule has 0 aromatic heterocycles. The highest BCUT2D eigenvalue weighted by atomic mass is 32.2. The van der Waals surface area contributed by atoms with Gasteiger partial charge >= 0.3 is 0 Å². The van der Waals surface area contributed by atoms with Crippen LogP contribution in [0, 0.1) is 0 Å². The molecule has 0 aliphatic carbocycles. The second-order valence-corrected chi connectivity index (χ2v) is 6.17. The number of aryl methyl sites for hydroxylation is 1. The molecule has 0 bridgehead atoms. The van der Waals surface area contributed by atoms with E-state index in [1.54, 1.807) is 19.1 Å². The van der Waals surface area contributed by atoms with Gasteiger partial charge in [-0.2, -0.15) is 0 Å². The van der Waals surface area contributed by atoms with Crippen LogP contribution >= 0.6 is 0 Å². The summed E-state index contributed by atoms with van der Waals surface area (Å²) in [7, 11) is -3.12. The molecule has 4 nitrogen and oxygen atoms in total. The van der Waals surface area contributed by atoms with E-state index in [-0.39, 0.29) is 17.5 Å². The van der Waals surface area contributed by atoms with Crippen LogP contribution in [0.15, 0.2) is 24.3 Å². The molecule has 5 heteroatoms. The maximum atomic E-state index is 11.3. The van der Waals surface area contributed by atoms with E-state index >= 15 is 0 Å². The molecule has 0 amide bonds. The smallest absolute Gasteiger partial charge is 0.211 e. The van der Waals surface area contributed by atoms with E-state index in [1.807, 2.05) is 19.1 Å². The number of phenolic OH excluding ortho intramolecular Hbond substituents is 1. The zero-order chi connectivity index (χ0) is 12.9. The first-order valence-corrected chi connectivity index (χ1v) is 7.36. The van der Waals surface area contributed by atoms with E-state index in [4.69, 9.17) is 5.11 Å². The lowest BCUT2D eigenvalue weighted by Gasteiger charge is -2.13. The van der Waals surface area contributed by atoms with Gasteiger partial charge in [0, 0.05) is 6.04 Å². The van der Waals surface area contributed by atoms with Crippen molar-refractivity contribution in [2.45, 2.75) is 32.7 Å². The predicted molar refractivity (Wildman–Crippen MR) is 68.5 cm³/mol. The van der Waals surface area contributed by atoms with Crippen molar-refractivity contribution in [3.8, 4) is 5.75 Å². The lowest BCUT2D eigenvalue weighted by atomic mass is 10.1. The molecule has 1 aromatic rings. The van der Waals surface area contributed by atoms with Gasteiger partial charge in [-0.05, 0) is 44.4 Å². The van der Waals surface area contributed by atoms with Crippen LogP contribution in [0.4, 0.5) is 0 Å². The average Bonchev–Trinajstić information content (AvgIpc) is 2.28. The molecule has 0 radical (unpaired) electrons. The third-order valence-corrected chi connectivity index (χ3v) is 4.08. The number of aromatic hydroxyl groups is 1. The van der Waals surface area contributed by atoms with Crippen molar-refractivity contribution in [3.63, 3.8) is 0 Å². The van der Waals surface area contributed by atoms with Crippen molar-refractivity contribution < 1.29 is 13.5 Å². The van der Waals surface area contributed by atoms with Crippen LogP contribution < -0.4 is 4.72 Å². The monoisotopic (exact) mass is 257 g/mol. The van der Waals surface area contributed by atoms with Crippen molar-refractivity contribution in [2.24, 2.45) is 0 Å². The van der Waals surface area contributed by atoms with E-state index in [2.05, 4.69) is 4.72 Å². The Balaban J connectivity index is 2.43. The van der Waals surface area contributed by atoms with Gasteiger partial charge in [0.2, 0.25) is 10.0 Å². The van der Waals surface area contributed by atoms with Gasteiger partial charge in [0.25, 0.3) is 0 Å². The molecule has 0 fully saturated rings. The summed E-state index contributed by atoms with van der Waals surface area (Å²) < 4.78 is 25.3. The fourth-order valence-corrected chi connectivity index (χ4v) is 2.39. The van der Waals surface area contributed by atoms with Crippen molar-refractivity contribution in [2.75, 3.05) is 5.75 Å². The normalized spacial score (nSPS) is 13.5. The summed E-state index contributed by atoms with van der Waals surface area (Å²) in [5.41, 5.74) is 1.09. The third kappa shape index (κ3) is 5.19. The van der Waals surface area contributed by atoms with Crippen molar-refractivity contribution in [1.82, 2.24) is 4.72 Å². The molecule has 0 saturated heterocycles. The van der Waals surface area contributed by atoms with E-state index in [0.29, 0.717) is 0 Å². The second kappa shape index (κ2) is 6.02. The van der Waals surface area contributed by atoms with Gasteiger partial charge in [-0.1, -0.05) is 12.1 Å². The molecule has 0 aliphatic rings. The molecular weight excluding hydrogens is 238 g/mol. The highest BCUT2D eigenvalue weighted by Gasteiger charge is 2.11. The topological polar surface area (TPSA) is 66.4 Å². The van der Waals surface area contributed by atoms with Crippen LogP contribution in [0.1, 0.15) is 25.8 Å². The van der Waals surface area contributed by atoms with Crippen LogP contribution in [0.2, 0.25) is 0 Å². The Hall–Kier alpha value is -1.07. The van der Waals surface area contributed by atoms with Crippen molar-refractivity contribution >= 4 is 10.0 Å². The number of rotatable bonds is 6. The first kappa shape index (κ1) is 14.0. The Morgan fingerprint density at radius 3 is 2.41 bits per heavy atom. The molecule has 1 aromatic carbocycles. The molecule has 1 unspecified atom stereocenters. The summed E-state index contributed by atoms with van der Waals surface area (Å²) in [6.07, 6.45) is 1.53. The molecule has 2 N–H and O–H groups in total. The number of hydrogen-bond donors (Lipinski definition) is 2. The zero-order valence-corrected chi connectivity index (χ0v) is 11.0. The van der Waals surface area contributed by atoms with E-state index in [1.165, 1.54) is 0 Å². The van der Waals surface area contributed by atoms with Gasteiger partial charge < -0.3 is 5.11 Å². The van der Waals surface area contributed by atoms with E-state index in [9.17, 15) is 8.42 Å². The standard InChI is InChI=1S/C12H19NO3S/c1-3-17(15,16)13-10(2)4-5-11-6-8-12(14)9-7-11/h6-10,13-14H,3-5H2,1-2H3. The minimum Gasteiger partial charge on any atom is -0.508 e. The number of hydrogen-bond acceptors (Lipinski definition) is 3. The summed E-state index contributed by atoms with van der Waals surface area (Å²) in [6.45, 7) is 3.47. The Kier molecular flexibility index (Phi) is 4.96. The fourth-order valence-electron chi connectivity index (χ4n) is 1.49. The summed E-state index contributed by atoms with van der Waals surface area (Å²) in [5.74, 6) is 0.352. The number of nitrogens with one attached hydrogen (secondary N) is 1. The number of benzene rings is 1. The van der Waals surface area contributed by atoms with Crippen LogP contribution in [0.5, 0.6) is 5.75 Å².